The fourth-order valence-electron chi connectivity index (χ4n) is 1.50. The molecule has 5 nitrogen and oxygen atoms in total. The fourth-order valence-corrected chi connectivity index (χ4v) is 2.24. The lowest BCUT2D eigenvalue weighted by Gasteiger charge is -2.14. The summed E-state index contributed by atoms with van der Waals surface area (Å²) in [7, 11) is 0. The number of carbonyl (C=O) groups is 1. The number of hydrogen-bond donors (Lipinski definition) is 2. The number of aromatic nitrogens is 2. The molecule has 17 heavy (non-hydrogen) atoms. The van der Waals surface area contributed by atoms with E-state index in [2.05, 4.69) is 20.6 Å². The molecule has 2 rings (SSSR count). The average molecular weight is 250 g/mol. The minimum absolute atomic E-state index is 0.0329. The van der Waals surface area contributed by atoms with Gasteiger partial charge in [-0.1, -0.05) is 0 Å². The van der Waals surface area contributed by atoms with E-state index in [9.17, 15) is 4.79 Å². The number of hydrogen-bond acceptors (Lipinski definition) is 5. The van der Waals surface area contributed by atoms with Gasteiger partial charge < -0.3 is 10.6 Å². The van der Waals surface area contributed by atoms with Crippen molar-refractivity contribution in [3.8, 4) is 0 Å². The molecule has 0 aromatic carbocycles. The van der Waals surface area contributed by atoms with Crippen molar-refractivity contribution >= 4 is 33.3 Å². The molecule has 2 heterocycles. The van der Waals surface area contributed by atoms with Gasteiger partial charge in [-0.3, -0.25) is 4.79 Å². The van der Waals surface area contributed by atoms with Crippen LogP contribution in [0.25, 0.3) is 10.2 Å². The first-order chi connectivity index (χ1) is 8.22. The third-order valence-corrected chi connectivity index (χ3v) is 3.18. The smallest absolute Gasteiger partial charge is 0.242 e. The number of anilines is 1. The zero-order chi connectivity index (χ0) is 12.3. The molecule has 2 aromatic rings. The van der Waals surface area contributed by atoms with E-state index in [-0.39, 0.29) is 11.9 Å². The van der Waals surface area contributed by atoms with Crippen LogP contribution >= 0.6 is 11.3 Å². The predicted molar refractivity (Wildman–Crippen MR) is 69.2 cm³/mol. The summed E-state index contributed by atoms with van der Waals surface area (Å²) in [6, 6.07) is 1.64. The van der Waals surface area contributed by atoms with Crippen molar-refractivity contribution in [2.75, 3.05) is 11.9 Å². The molecule has 0 saturated heterocycles. The molecule has 90 valence electrons. The van der Waals surface area contributed by atoms with Gasteiger partial charge in [-0.2, -0.15) is 0 Å². The lowest BCUT2D eigenvalue weighted by Crippen LogP contribution is -2.37. The Morgan fingerprint density at radius 2 is 2.35 bits per heavy atom. The van der Waals surface area contributed by atoms with Crippen LogP contribution in [0.15, 0.2) is 17.8 Å². The largest absolute Gasteiger partial charge is 0.358 e. The monoisotopic (exact) mass is 250 g/mol. The number of nitrogens with one attached hydrogen (secondary N) is 2. The number of rotatable bonds is 4. The van der Waals surface area contributed by atoms with Crippen LogP contribution in [0.3, 0.4) is 0 Å². The molecule has 0 spiro atoms. The van der Waals surface area contributed by atoms with E-state index < -0.39 is 0 Å². The number of fused-ring (bicyclic) bond motifs is 1. The highest BCUT2D eigenvalue weighted by Crippen LogP contribution is 2.23. The van der Waals surface area contributed by atoms with Gasteiger partial charge in [-0.05, 0) is 25.3 Å². The highest BCUT2D eigenvalue weighted by atomic mass is 32.1. The summed E-state index contributed by atoms with van der Waals surface area (Å²) in [6.07, 6.45) is 1.51. The summed E-state index contributed by atoms with van der Waals surface area (Å²) in [6.45, 7) is 4.33. The van der Waals surface area contributed by atoms with Crippen molar-refractivity contribution < 1.29 is 4.79 Å². The van der Waals surface area contributed by atoms with E-state index in [0.29, 0.717) is 12.4 Å². The highest BCUT2D eigenvalue weighted by molar-refractivity contribution is 7.16. The van der Waals surface area contributed by atoms with Crippen molar-refractivity contribution in [3.05, 3.63) is 17.8 Å². The lowest BCUT2D eigenvalue weighted by molar-refractivity contribution is -0.121. The number of thiophene rings is 1. The molecule has 0 bridgehead atoms. The number of carbonyl (C=O) groups excluding carboxylic acids is 1. The van der Waals surface area contributed by atoms with Gasteiger partial charge in [0.25, 0.3) is 0 Å². The second-order valence-electron chi connectivity index (χ2n) is 3.62. The van der Waals surface area contributed by atoms with Gasteiger partial charge in [0.05, 0.1) is 5.39 Å². The Labute approximate surface area is 103 Å². The summed E-state index contributed by atoms with van der Waals surface area (Å²) >= 11 is 1.56. The van der Waals surface area contributed by atoms with Gasteiger partial charge in [0, 0.05) is 6.54 Å². The van der Waals surface area contributed by atoms with Gasteiger partial charge in [-0.15, -0.1) is 11.3 Å². The fraction of sp³-hybridized carbons (Fsp3) is 0.364. The number of amides is 1. The quantitative estimate of drug-likeness (QED) is 0.865. The Hall–Kier alpha value is -1.69. The van der Waals surface area contributed by atoms with E-state index in [1.165, 1.54) is 6.33 Å². The maximum absolute atomic E-state index is 11.6. The molecule has 2 N–H and O–H groups in total. The van der Waals surface area contributed by atoms with Gasteiger partial charge in [0.1, 0.15) is 23.0 Å². The predicted octanol–water partition coefficient (Wildman–Crippen LogP) is 1.63. The third-order valence-electron chi connectivity index (χ3n) is 2.36. The average Bonchev–Trinajstić information content (AvgIpc) is 2.78. The summed E-state index contributed by atoms with van der Waals surface area (Å²) in [5, 5.41) is 8.78. The van der Waals surface area contributed by atoms with Crippen molar-refractivity contribution in [3.63, 3.8) is 0 Å². The lowest BCUT2D eigenvalue weighted by atomic mass is 10.3. The molecule has 1 amide bonds. The summed E-state index contributed by atoms with van der Waals surface area (Å²) in [5.41, 5.74) is 0. The SMILES string of the molecule is CCNC(=O)[C@H](C)Nc1ncnc2sccc12. The summed E-state index contributed by atoms with van der Waals surface area (Å²) in [4.78, 5) is 20.9. The van der Waals surface area contributed by atoms with Gasteiger partial charge in [0.2, 0.25) is 5.91 Å². The van der Waals surface area contributed by atoms with Gasteiger partial charge in [0.15, 0.2) is 0 Å². The first-order valence-electron chi connectivity index (χ1n) is 5.44. The first-order valence-corrected chi connectivity index (χ1v) is 6.32. The number of nitrogens with zero attached hydrogens (tertiary/aromatic N) is 2. The van der Waals surface area contributed by atoms with Crippen LogP contribution in [-0.2, 0) is 4.79 Å². The van der Waals surface area contributed by atoms with Crippen LogP contribution in [0.1, 0.15) is 13.8 Å². The van der Waals surface area contributed by atoms with Crippen LogP contribution in [0.4, 0.5) is 5.82 Å². The Bertz CT molecular complexity index is 525. The number of likely N-dealkylation sites (N-methyl/N-ethyl adjacent to an activating group) is 1. The first kappa shape index (κ1) is 11.8. The Balaban J connectivity index is 2.18. The Morgan fingerprint density at radius 3 is 3.12 bits per heavy atom. The van der Waals surface area contributed by atoms with E-state index >= 15 is 0 Å². The molecule has 0 radical (unpaired) electrons. The zero-order valence-electron chi connectivity index (χ0n) is 9.73. The Kier molecular flexibility index (Phi) is 3.53. The minimum Gasteiger partial charge on any atom is -0.358 e. The summed E-state index contributed by atoms with van der Waals surface area (Å²) in [5.74, 6) is 0.671. The van der Waals surface area contributed by atoms with Gasteiger partial charge >= 0.3 is 0 Å². The van der Waals surface area contributed by atoms with Crippen LogP contribution in [0.5, 0.6) is 0 Å². The second-order valence-corrected chi connectivity index (χ2v) is 4.52. The highest BCUT2D eigenvalue weighted by Gasteiger charge is 2.13. The van der Waals surface area contributed by atoms with Crippen molar-refractivity contribution in [2.45, 2.75) is 19.9 Å². The molecule has 0 fully saturated rings. The normalized spacial score (nSPS) is 12.4. The molecule has 1 atom stereocenters. The molecule has 0 unspecified atom stereocenters. The van der Waals surface area contributed by atoms with E-state index in [0.717, 1.165) is 10.2 Å². The molecule has 2 aromatic heterocycles. The molecular formula is C11H14N4OS. The minimum atomic E-state index is -0.312. The van der Waals surface area contributed by atoms with E-state index in [1.807, 2.05) is 25.3 Å². The maximum atomic E-state index is 11.6. The Morgan fingerprint density at radius 1 is 1.53 bits per heavy atom. The van der Waals surface area contributed by atoms with Crippen molar-refractivity contribution in [1.29, 1.82) is 0 Å². The van der Waals surface area contributed by atoms with Crippen molar-refractivity contribution in [2.24, 2.45) is 0 Å². The van der Waals surface area contributed by atoms with Crippen LogP contribution in [0.2, 0.25) is 0 Å². The molecule has 0 aliphatic heterocycles. The third kappa shape index (κ3) is 2.52. The molecule has 0 aliphatic carbocycles. The van der Waals surface area contributed by atoms with E-state index in [4.69, 9.17) is 0 Å². The van der Waals surface area contributed by atoms with Crippen LogP contribution in [-0.4, -0.2) is 28.5 Å². The van der Waals surface area contributed by atoms with Crippen LogP contribution in [0, 0.1) is 0 Å². The van der Waals surface area contributed by atoms with Crippen molar-refractivity contribution in [1.82, 2.24) is 15.3 Å². The standard InChI is InChI=1S/C11H14N4OS/c1-3-12-10(16)7(2)15-9-8-4-5-17-11(8)14-6-13-9/h4-7H,3H2,1-2H3,(H,12,16)(H,13,14,15)/t7-/m0/s1. The zero-order valence-corrected chi connectivity index (χ0v) is 10.5. The van der Waals surface area contributed by atoms with Crippen LogP contribution < -0.4 is 10.6 Å². The topological polar surface area (TPSA) is 66.9 Å². The second kappa shape index (κ2) is 5.09. The molecule has 6 heteroatoms. The summed E-state index contributed by atoms with van der Waals surface area (Å²) < 4.78 is 0. The molecule has 0 saturated carbocycles. The van der Waals surface area contributed by atoms with Gasteiger partial charge in [-0.25, -0.2) is 9.97 Å². The maximum Gasteiger partial charge on any atom is 0.242 e. The molecule has 0 aliphatic rings. The van der Waals surface area contributed by atoms with E-state index in [1.54, 1.807) is 11.3 Å². The molecular weight excluding hydrogens is 236 g/mol.